The fourth-order valence-electron chi connectivity index (χ4n) is 1.28. The molecule has 1 aromatic heterocycles. The lowest BCUT2D eigenvalue weighted by Crippen LogP contribution is -2.20. The normalized spacial score (nSPS) is 12.1. The highest BCUT2D eigenvalue weighted by molar-refractivity contribution is 7.88. The summed E-state index contributed by atoms with van der Waals surface area (Å²) in [7, 11) is -1.77. The van der Waals surface area contributed by atoms with Crippen LogP contribution in [-0.2, 0) is 15.8 Å². The second-order valence-corrected chi connectivity index (χ2v) is 5.93. The average Bonchev–Trinajstić information content (AvgIpc) is 2.64. The van der Waals surface area contributed by atoms with Crippen molar-refractivity contribution in [3.8, 4) is 0 Å². The lowest BCUT2D eigenvalue weighted by molar-refractivity contribution is 0.587. The maximum Gasteiger partial charge on any atom is 0.215 e. The maximum absolute atomic E-state index is 11.3. The van der Waals surface area contributed by atoms with Gasteiger partial charge in [0.15, 0.2) is 0 Å². The molecule has 1 N–H and O–H groups in total. The van der Waals surface area contributed by atoms with Gasteiger partial charge in [0.25, 0.3) is 0 Å². The molecule has 0 aliphatic heterocycles. The lowest BCUT2D eigenvalue weighted by atomic mass is 10.2. The second kappa shape index (κ2) is 3.88. The molecule has 80 valence electrons. The maximum atomic E-state index is 11.3. The molecule has 0 unspecified atom stereocenters. The topological polar surface area (TPSA) is 59.1 Å². The third-order valence-corrected chi connectivity index (χ3v) is 4.19. The smallest absolute Gasteiger partial charge is 0.215 e. The Morgan fingerprint density at radius 1 is 1.47 bits per heavy atom. The van der Waals surface area contributed by atoms with E-state index >= 15 is 0 Å². The van der Waals surface area contributed by atoms with Gasteiger partial charge in [-0.3, -0.25) is 0 Å². The van der Waals surface area contributed by atoms with E-state index in [0.29, 0.717) is 0 Å². The quantitative estimate of drug-likeness (QED) is 0.883. The van der Waals surface area contributed by atoms with Gasteiger partial charge in [0.1, 0.15) is 0 Å². The Morgan fingerprint density at radius 3 is 3.00 bits per heavy atom. The Kier molecular flexibility index (Phi) is 2.72. The van der Waals surface area contributed by atoms with Crippen molar-refractivity contribution in [2.45, 2.75) is 5.75 Å². The van der Waals surface area contributed by atoms with E-state index in [1.54, 1.807) is 11.6 Å². The van der Waals surface area contributed by atoms with Crippen molar-refractivity contribution in [2.24, 2.45) is 0 Å². The molecule has 0 spiro atoms. The van der Waals surface area contributed by atoms with Gasteiger partial charge in [-0.25, -0.2) is 18.1 Å². The zero-order valence-corrected chi connectivity index (χ0v) is 9.73. The van der Waals surface area contributed by atoms with Crippen LogP contribution in [0.25, 0.3) is 10.2 Å². The van der Waals surface area contributed by atoms with Gasteiger partial charge in [-0.1, -0.05) is 6.07 Å². The molecular weight excluding hydrogens is 232 g/mol. The van der Waals surface area contributed by atoms with Crippen molar-refractivity contribution < 1.29 is 8.42 Å². The van der Waals surface area contributed by atoms with Gasteiger partial charge < -0.3 is 0 Å². The first-order valence-corrected chi connectivity index (χ1v) is 6.87. The molecule has 0 saturated heterocycles. The second-order valence-electron chi connectivity index (χ2n) is 3.12. The number of fused-ring (bicyclic) bond motifs is 1. The molecule has 2 aromatic rings. The van der Waals surface area contributed by atoms with Crippen molar-refractivity contribution in [3.63, 3.8) is 0 Å². The van der Waals surface area contributed by atoms with Gasteiger partial charge in [-0.05, 0) is 24.7 Å². The Balaban J connectivity index is 2.37. The molecule has 0 atom stereocenters. The Bertz CT molecular complexity index is 575. The van der Waals surface area contributed by atoms with Crippen molar-refractivity contribution >= 4 is 31.6 Å². The molecule has 0 radical (unpaired) electrons. The van der Waals surface area contributed by atoms with Crippen molar-refractivity contribution in [2.75, 3.05) is 7.05 Å². The van der Waals surface area contributed by atoms with Crippen LogP contribution >= 0.6 is 11.3 Å². The summed E-state index contributed by atoms with van der Waals surface area (Å²) in [5.74, 6) is 0.0112. The number of nitrogens with one attached hydrogen (secondary N) is 1. The van der Waals surface area contributed by atoms with E-state index in [0.717, 1.165) is 15.8 Å². The first-order chi connectivity index (χ1) is 7.11. The Labute approximate surface area is 92.0 Å². The molecule has 0 saturated carbocycles. The minimum atomic E-state index is -3.19. The minimum absolute atomic E-state index is 0.0112. The predicted molar refractivity (Wildman–Crippen MR) is 61.3 cm³/mol. The number of thiazole rings is 1. The van der Waals surface area contributed by atoms with Crippen molar-refractivity contribution in [1.82, 2.24) is 9.71 Å². The summed E-state index contributed by atoms with van der Waals surface area (Å²) < 4.78 is 25.9. The summed E-state index contributed by atoms with van der Waals surface area (Å²) in [6.07, 6.45) is 0. The average molecular weight is 242 g/mol. The summed E-state index contributed by atoms with van der Waals surface area (Å²) in [6.45, 7) is 0. The van der Waals surface area contributed by atoms with Crippen LogP contribution in [0.5, 0.6) is 0 Å². The van der Waals surface area contributed by atoms with Gasteiger partial charge in [-0.2, -0.15) is 0 Å². The number of benzene rings is 1. The first kappa shape index (κ1) is 10.5. The molecule has 0 aliphatic rings. The van der Waals surface area contributed by atoms with Crippen LogP contribution in [0.2, 0.25) is 0 Å². The lowest BCUT2D eigenvalue weighted by Gasteiger charge is -2.02. The zero-order valence-electron chi connectivity index (χ0n) is 8.10. The van der Waals surface area contributed by atoms with Crippen LogP contribution in [0.3, 0.4) is 0 Å². The van der Waals surface area contributed by atoms with Gasteiger partial charge in [0.2, 0.25) is 10.0 Å². The van der Waals surface area contributed by atoms with E-state index in [1.807, 2.05) is 12.1 Å². The number of aromatic nitrogens is 1. The van der Waals surface area contributed by atoms with Crippen molar-refractivity contribution in [3.05, 3.63) is 29.3 Å². The monoisotopic (exact) mass is 242 g/mol. The molecule has 0 amide bonds. The van der Waals surface area contributed by atoms with Crippen LogP contribution in [0.1, 0.15) is 5.56 Å². The predicted octanol–water partition coefficient (Wildman–Crippen LogP) is 1.35. The first-order valence-electron chi connectivity index (χ1n) is 4.34. The molecule has 6 heteroatoms. The van der Waals surface area contributed by atoms with E-state index in [4.69, 9.17) is 0 Å². The van der Waals surface area contributed by atoms with Gasteiger partial charge >= 0.3 is 0 Å². The van der Waals surface area contributed by atoms with E-state index < -0.39 is 10.0 Å². The molecule has 0 bridgehead atoms. The standard InChI is InChI=1S/C9H10N2O2S2/c1-10-15(12,13)5-7-2-3-8-9(4-7)14-6-11-8/h2-4,6,10H,5H2,1H3. The molecular formula is C9H10N2O2S2. The highest BCUT2D eigenvalue weighted by Crippen LogP contribution is 2.19. The van der Waals surface area contributed by atoms with E-state index in [1.165, 1.54) is 18.4 Å². The van der Waals surface area contributed by atoms with Crippen LogP contribution in [0.15, 0.2) is 23.7 Å². The molecule has 2 rings (SSSR count). The zero-order chi connectivity index (χ0) is 10.9. The van der Waals surface area contributed by atoms with Crippen LogP contribution in [0.4, 0.5) is 0 Å². The highest BCUT2D eigenvalue weighted by atomic mass is 32.2. The summed E-state index contributed by atoms with van der Waals surface area (Å²) in [5, 5.41) is 0. The fourth-order valence-corrected chi connectivity index (χ4v) is 2.78. The number of hydrogen-bond donors (Lipinski definition) is 1. The fraction of sp³-hybridized carbons (Fsp3) is 0.222. The van der Waals surface area contributed by atoms with Gasteiger partial charge in [-0.15, -0.1) is 11.3 Å². The van der Waals surface area contributed by atoms with Crippen molar-refractivity contribution in [1.29, 1.82) is 0 Å². The molecule has 15 heavy (non-hydrogen) atoms. The summed E-state index contributed by atoms with van der Waals surface area (Å²) in [5.41, 5.74) is 3.44. The number of nitrogens with zero attached hydrogens (tertiary/aromatic N) is 1. The number of sulfonamides is 1. The van der Waals surface area contributed by atoms with E-state index in [2.05, 4.69) is 9.71 Å². The third kappa shape index (κ3) is 2.34. The van der Waals surface area contributed by atoms with E-state index in [-0.39, 0.29) is 5.75 Å². The molecule has 0 fully saturated rings. The molecule has 0 aliphatic carbocycles. The largest absolute Gasteiger partial charge is 0.245 e. The minimum Gasteiger partial charge on any atom is -0.245 e. The molecule has 1 aromatic carbocycles. The van der Waals surface area contributed by atoms with Gasteiger partial charge in [0, 0.05) is 0 Å². The van der Waals surface area contributed by atoms with E-state index in [9.17, 15) is 8.42 Å². The highest BCUT2D eigenvalue weighted by Gasteiger charge is 2.09. The van der Waals surface area contributed by atoms with Crippen LogP contribution in [-0.4, -0.2) is 20.4 Å². The van der Waals surface area contributed by atoms with Crippen LogP contribution in [0, 0.1) is 0 Å². The molecule has 1 heterocycles. The third-order valence-electron chi connectivity index (χ3n) is 2.06. The summed E-state index contributed by atoms with van der Waals surface area (Å²) in [4.78, 5) is 4.13. The number of hydrogen-bond acceptors (Lipinski definition) is 4. The van der Waals surface area contributed by atoms with Gasteiger partial charge in [0.05, 0.1) is 21.5 Å². The van der Waals surface area contributed by atoms with Crippen LogP contribution < -0.4 is 4.72 Å². The summed E-state index contributed by atoms with van der Waals surface area (Å²) >= 11 is 1.51. The SMILES string of the molecule is CNS(=O)(=O)Cc1ccc2ncsc2c1. The molecule has 4 nitrogen and oxygen atoms in total. The Hall–Kier alpha value is -0.980. The summed E-state index contributed by atoms with van der Waals surface area (Å²) in [6, 6.07) is 5.49. The Morgan fingerprint density at radius 2 is 2.27 bits per heavy atom. The number of rotatable bonds is 3.